The largest absolute Gasteiger partial charge is 0.419 e. The maximum Gasteiger partial charge on any atom is 0.339 e. The van der Waals surface area contributed by atoms with E-state index in [9.17, 15) is 9.59 Å². The Morgan fingerprint density at radius 2 is 1.32 bits per heavy atom. The molecule has 0 atom stereocenters. The van der Waals surface area contributed by atoms with Crippen molar-refractivity contribution >= 4 is 34.9 Å². The summed E-state index contributed by atoms with van der Waals surface area (Å²) in [6.07, 6.45) is 4.33. The summed E-state index contributed by atoms with van der Waals surface area (Å²) in [5.74, 6) is -0.661. The van der Waals surface area contributed by atoms with Crippen LogP contribution in [-0.4, -0.2) is 11.8 Å². The number of ketones is 1. The molecule has 4 nitrogen and oxygen atoms in total. The van der Waals surface area contributed by atoms with Gasteiger partial charge in [-0.1, -0.05) is 61.9 Å². The number of nitrogens with zero attached hydrogens (tertiary/aromatic N) is 1. The number of allylic oxidation sites excluding steroid dienone is 1. The summed E-state index contributed by atoms with van der Waals surface area (Å²) in [5, 5.41) is 0. The fourth-order valence-corrected chi connectivity index (χ4v) is 3.52. The summed E-state index contributed by atoms with van der Waals surface area (Å²) in [6, 6.07) is 28.0. The van der Waals surface area contributed by atoms with Crippen LogP contribution in [0.15, 0.2) is 102 Å². The summed E-state index contributed by atoms with van der Waals surface area (Å²) in [7, 11) is 0. The van der Waals surface area contributed by atoms with E-state index in [0.29, 0.717) is 12.0 Å². The number of carbonyl (C=O) groups excluding carboxylic acids is 2. The molecule has 1 aliphatic rings. The van der Waals surface area contributed by atoms with Crippen LogP contribution in [0, 0.1) is 0 Å². The number of hydrogen-bond acceptors (Lipinski definition) is 4. The van der Waals surface area contributed by atoms with E-state index in [0.717, 1.165) is 29.0 Å². The van der Waals surface area contributed by atoms with Crippen LogP contribution in [0.1, 0.15) is 25.3 Å². The number of hydrogen-bond donors (Lipinski definition) is 0. The molecule has 0 radical (unpaired) electrons. The summed E-state index contributed by atoms with van der Waals surface area (Å²) in [5.41, 5.74) is 4.29. The predicted octanol–water partition coefficient (Wildman–Crippen LogP) is 6.35. The van der Waals surface area contributed by atoms with Gasteiger partial charge < -0.3 is 9.64 Å². The number of rotatable bonds is 6. The zero-order valence-electron chi connectivity index (χ0n) is 17.3. The monoisotopic (exact) mass is 409 g/mol. The van der Waals surface area contributed by atoms with Crippen molar-refractivity contribution in [2.75, 3.05) is 4.90 Å². The van der Waals surface area contributed by atoms with Gasteiger partial charge in [-0.25, -0.2) is 4.79 Å². The van der Waals surface area contributed by atoms with Crippen LogP contribution in [0.3, 0.4) is 0 Å². The molecule has 3 aromatic rings. The minimum Gasteiger partial charge on any atom is -0.419 e. The maximum absolute atomic E-state index is 12.3. The predicted molar refractivity (Wildman–Crippen MR) is 123 cm³/mol. The third-order valence-corrected chi connectivity index (χ3v) is 5.01. The molecule has 4 heteroatoms. The van der Waals surface area contributed by atoms with E-state index in [1.54, 1.807) is 6.08 Å². The number of benzene rings is 3. The standard InChI is InChI=1S/C27H23NO3/c1-2-9-21-19-25(29)26(31-27(21)30)18-20-14-16-24(17-15-20)28(22-10-5-3-6-11-22)23-12-7-4-8-13-23/h3-8,10-19H,2,9H2,1H3/b26-18+. The van der Waals surface area contributed by atoms with Gasteiger partial charge in [-0.05, 0) is 60.5 Å². The van der Waals surface area contributed by atoms with Crippen molar-refractivity contribution in [3.8, 4) is 0 Å². The molecule has 0 aromatic heterocycles. The third-order valence-electron chi connectivity index (χ3n) is 5.01. The van der Waals surface area contributed by atoms with Gasteiger partial charge in [0.05, 0.1) is 0 Å². The van der Waals surface area contributed by atoms with Crippen molar-refractivity contribution in [1.82, 2.24) is 0 Å². The second kappa shape index (κ2) is 9.26. The van der Waals surface area contributed by atoms with Crippen molar-refractivity contribution < 1.29 is 14.3 Å². The van der Waals surface area contributed by atoms with Crippen LogP contribution in [0.5, 0.6) is 0 Å². The van der Waals surface area contributed by atoms with Gasteiger partial charge >= 0.3 is 5.97 Å². The van der Waals surface area contributed by atoms with Gasteiger partial charge in [-0.2, -0.15) is 0 Å². The normalized spacial score (nSPS) is 14.9. The van der Waals surface area contributed by atoms with E-state index < -0.39 is 5.97 Å². The van der Waals surface area contributed by atoms with E-state index in [1.807, 2.05) is 67.6 Å². The van der Waals surface area contributed by atoms with E-state index in [2.05, 4.69) is 29.2 Å². The molecule has 0 fully saturated rings. The first-order valence-electron chi connectivity index (χ1n) is 10.3. The average molecular weight is 409 g/mol. The van der Waals surface area contributed by atoms with Crippen LogP contribution < -0.4 is 4.90 Å². The molecular formula is C27H23NO3. The second-order valence-corrected chi connectivity index (χ2v) is 7.28. The molecule has 31 heavy (non-hydrogen) atoms. The minimum absolute atomic E-state index is 0.0561. The van der Waals surface area contributed by atoms with Crippen molar-refractivity contribution in [1.29, 1.82) is 0 Å². The Morgan fingerprint density at radius 3 is 1.87 bits per heavy atom. The van der Waals surface area contributed by atoms with E-state index >= 15 is 0 Å². The lowest BCUT2D eigenvalue weighted by Gasteiger charge is -2.25. The fourth-order valence-electron chi connectivity index (χ4n) is 3.52. The molecule has 0 aliphatic carbocycles. The number of ether oxygens (including phenoxy) is 1. The molecular weight excluding hydrogens is 386 g/mol. The lowest BCUT2D eigenvalue weighted by atomic mass is 10.0. The summed E-state index contributed by atoms with van der Waals surface area (Å²) < 4.78 is 5.28. The van der Waals surface area contributed by atoms with Crippen LogP contribution in [0.25, 0.3) is 6.08 Å². The maximum atomic E-state index is 12.3. The number of esters is 1. The third kappa shape index (κ3) is 4.64. The Labute approximate surface area is 182 Å². The SMILES string of the molecule is CCCC1=CC(=O)/C(=C\c2ccc(N(c3ccccc3)c3ccccc3)cc2)OC1=O. The van der Waals surface area contributed by atoms with Crippen molar-refractivity contribution in [3.05, 3.63) is 108 Å². The van der Waals surface area contributed by atoms with Crippen molar-refractivity contribution in [2.24, 2.45) is 0 Å². The van der Waals surface area contributed by atoms with E-state index in [-0.39, 0.29) is 11.5 Å². The molecule has 1 aliphatic heterocycles. The Hall–Kier alpha value is -3.92. The molecule has 1 heterocycles. The molecule has 3 aromatic carbocycles. The topological polar surface area (TPSA) is 46.6 Å². The van der Waals surface area contributed by atoms with Crippen molar-refractivity contribution in [3.63, 3.8) is 0 Å². The van der Waals surface area contributed by atoms with Gasteiger partial charge in [0.1, 0.15) is 0 Å². The molecule has 0 N–H and O–H groups in total. The summed E-state index contributed by atoms with van der Waals surface area (Å²) in [6.45, 7) is 1.96. The van der Waals surface area contributed by atoms with Gasteiger partial charge in [0, 0.05) is 22.6 Å². The Bertz CT molecular complexity index is 1090. The highest BCUT2D eigenvalue weighted by Crippen LogP contribution is 2.34. The molecule has 154 valence electrons. The van der Waals surface area contributed by atoms with Gasteiger partial charge in [-0.15, -0.1) is 0 Å². The molecule has 0 unspecified atom stereocenters. The first kappa shape index (κ1) is 20.4. The lowest BCUT2D eigenvalue weighted by molar-refractivity contribution is -0.139. The summed E-state index contributed by atoms with van der Waals surface area (Å²) >= 11 is 0. The Kier molecular flexibility index (Phi) is 6.08. The molecule has 0 saturated carbocycles. The Morgan fingerprint density at radius 1 is 0.774 bits per heavy atom. The van der Waals surface area contributed by atoms with Gasteiger partial charge in [-0.3, -0.25) is 4.79 Å². The minimum atomic E-state index is -0.441. The van der Waals surface area contributed by atoms with Gasteiger partial charge in [0.15, 0.2) is 5.76 Å². The highest BCUT2D eigenvalue weighted by Gasteiger charge is 2.24. The van der Waals surface area contributed by atoms with Gasteiger partial charge in [0.2, 0.25) is 5.78 Å². The van der Waals surface area contributed by atoms with Crippen LogP contribution in [0.4, 0.5) is 17.1 Å². The molecule has 0 saturated heterocycles. The Balaban J connectivity index is 1.63. The summed E-state index contributed by atoms with van der Waals surface area (Å²) in [4.78, 5) is 26.6. The number of para-hydroxylation sites is 2. The fraction of sp³-hybridized carbons (Fsp3) is 0.111. The molecule has 0 amide bonds. The zero-order chi connectivity index (χ0) is 21.6. The second-order valence-electron chi connectivity index (χ2n) is 7.28. The van der Waals surface area contributed by atoms with Crippen LogP contribution in [-0.2, 0) is 14.3 Å². The lowest BCUT2D eigenvalue weighted by Crippen LogP contribution is -2.19. The van der Waals surface area contributed by atoms with E-state index in [4.69, 9.17) is 4.74 Å². The van der Waals surface area contributed by atoms with Crippen molar-refractivity contribution in [2.45, 2.75) is 19.8 Å². The van der Waals surface area contributed by atoms with Crippen LogP contribution in [0.2, 0.25) is 0 Å². The molecule has 0 bridgehead atoms. The highest BCUT2D eigenvalue weighted by molar-refractivity contribution is 6.14. The smallest absolute Gasteiger partial charge is 0.339 e. The number of cyclic esters (lactones) is 1. The first-order valence-corrected chi connectivity index (χ1v) is 10.3. The number of anilines is 3. The first-order chi connectivity index (χ1) is 15.2. The molecule has 0 spiro atoms. The highest BCUT2D eigenvalue weighted by atomic mass is 16.5. The average Bonchev–Trinajstić information content (AvgIpc) is 2.80. The quantitative estimate of drug-likeness (QED) is 0.352. The van der Waals surface area contributed by atoms with Gasteiger partial charge in [0.25, 0.3) is 0 Å². The van der Waals surface area contributed by atoms with Crippen LogP contribution >= 0.6 is 0 Å². The number of carbonyl (C=O) groups is 2. The molecule has 4 rings (SSSR count). The zero-order valence-corrected chi connectivity index (χ0v) is 17.3. The van der Waals surface area contributed by atoms with E-state index in [1.165, 1.54) is 6.08 Å².